The molecule has 8 N–H and O–H groups in total. The van der Waals surface area contributed by atoms with Crippen LogP contribution in [0.1, 0.15) is 53.4 Å². The second-order valence-corrected chi connectivity index (χ2v) is 8.66. The van der Waals surface area contributed by atoms with Crippen molar-refractivity contribution in [3.63, 3.8) is 0 Å². The lowest BCUT2D eigenvalue weighted by Crippen LogP contribution is -2.57. The summed E-state index contributed by atoms with van der Waals surface area (Å²) in [6, 6.07) is -3.88. The minimum atomic E-state index is -1.87. The molecule has 0 bridgehead atoms. The van der Waals surface area contributed by atoms with Crippen LogP contribution in [0.4, 0.5) is 0 Å². The Bertz CT molecular complexity index is 810. The number of rotatable bonds is 19. The Morgan fingerprint density at radius 3 is 2.16 bits per heavy atom. The molecule has 0 saturated carbocycles. The molecular weight excluding hydrogens is 508 g/mol. The highest BCUT2D eigenvalue weighted by molar-refractivity contribution is 5.91. The van der Waals surface area contributed by atoms with Gasteiger partial charge in [0.25, 0.3) is 0 Å². The average molecular weight is 549 g/mol. The normalized spacial score (nSPS) is 16.5. The van der Waals surface area contributed by atoms with Crippen LogP contribution in [0, 0.1) is 0 Å². The smallest absolute Gasteiger partial charge is 0.328 e. The molecule has 0 heterocycles. The van der Waals surface area contributed by atoms with Gasteiger partial charge in [-0.3, -0.25) is 19.2 Å². The first-order valence-corrected chi connectivity index (χ1v) is 12.2. The molecule has 0 aliphatic heterocycles. The van der Waals surface area contributed by atoms with Crippen LogP contribution in [-0.4, -0.2) is 107 Å². The molecule has 15 heteroatoms. The first kappa shape index (κ1) is 34.9. The Morgan fingerprint density at radius 1 is 1.03 bits per heavy atom. The first-order valence-electron chi connectivity index (χ1n) is 12.2. The van der Waals surface area contributed by atoms with Crippen molar-refractivity contribution in [2.45, 2.75) is 95.9 Å². The number of aliphatic hydroxyl groups is 3. The predicted octanol–water partition coefficient (Wildman–Crippen LogP) is -3.22. The summed E-state index contributed by atoms with van der Waals surface area (Å²) in [5.74, 6) is -3.78. The number of primary amides is 1. The lowest BCUT2D eigenvalue weighted by atomic mass is 10.0. The fraction of sp³-hybridized carbons (Fsp3) is 0.739. The maximum Gasteiger partial charge on any atom is 0.328 e. The molecule has 4 amide bonds. The van der Waals surface area contributed by atoms with Crippen molar-refractivity contribution in [1.82, 2.24) is 16.0 Å². The fourth-order valence-electron chi connectivity index (χ4n) is 3.08. The molecule has 0 radical (unpaired) electrons. The SMILES string of the molecule is CCCCOC(=O)[C@H](CCC(N)=O)NC(=O)[C@H](C)NC(=O)[C@@H](C)O[C@@H]([C@H](O)[C@H](O)CO)[C@H](C=O)NC(C)=O. The van der Waals surface area contributed by atoms with Crippen LogP contribution in [0.25, 0.3) is 0 Å². The van der Waals surface area contributed by atoms with Gasteiger partial charge in [-0.05, 0) is 26.7 Å². The molecular formula is C23H40N4O11. The lowest BCUT2D eigenvalue weighted by Gasteiger charge is -2.32. The molecule has 7 atom stereocenters. The fourth-order valence-corrected chi connectivity index (χ4v) is 3.08. The summed E-state index contributed by atoms with van der Waals surface area (Å²) in [6.45, 7) is 4.74. The van der Waals surface area contributed by atoms with E-state index in [-0.39, 0.29) is 25.7 Å². The van der Waals surface area contributed by atoms with Crippen molar-refractivity contribution in [1.29, 1.82) is 0 Å². The van der Waals surface area contributed by atoms with Crippen LogP contribution >= 0.6 is 0 Å². The van der Waals surface area contributed by atoms with E-state index < -0.39 is 78.7 Å². The molecule has 15 nitrogen and oxygen atoms in total. The van der Waals surface area contributed by atoms with E-state index in [1.165, 1.54) is 13.8 Å². The van der Waals surface area contributed by atoms with Crippen molar-refractivity contribution in [3.8, 4) is 0 Å². The Morgan fingerprint density at radius 2 is 1.66 bits per heavy atom. The summed E-state index contributed by atoms with van der Waals surface area (Å²) in [5, 5.41) is 36.2. The number of amides is 4. The highest BCUT2D eigenvalue weighted by Crippen LogP contribution is 2.12. The van der Waals surface area contributed by atoms with E-state index in [1.54, 1.807) is 0 Å². The first-order chi connectivity index (χ1) is 17.8. The third-order valence-corrected chi connectivity index (χ3v) is 5.29. The Hall–Kier alpha value is -3.14. The third-order valence-electron chi connectivity index (χ3n) is 5.29. The van der Waals surface area contributed by atoms with Gasteiger partial charge in [0.1, 0.15) is 48.8 Å². The number of hydrogen-bond donors (Lipinski definition) is 7. The predicted molar refractivity (Wildman–Crippen MR) is 131 cm³/mol. The highest BCUT2D eigenvalue weighted by Gasteiger charge is 2.37. The van der Waals surface area contributed by atoms with Gasteiger partial charge in [-0.25, -0.2) is 4.79 Å². The van der Waals surface area contributed by atoms with Crippen LogP contribution in [0.2, 0.25) is 0 Å². The van der Waals surface area contributed by atoms with Gasteiger partial charge in [-0.15, -0.1) is 0 Å². The molecule has 0 rings (SSSR count). The van der Waals surface area contributed by atoms with Crippen molar-refractivity contribution >= 4 is 35.9 Å². The highest BCUT2D eigenvalue weighted by atomic mass is 16.5. The van der Waals surface area contributed by atoms with Gasteiger partial charge in [-0.2, -0.15) is 0 Å². The minimum absolute atomic E-state index is 0.116. The van der Waals surface area contributed by atoms with Gasteiger partial charge >= 0.3 is 5.97 Å². The number of ether oxygens (including phenoxy) is 2. The summed E-state index contributed by atoms with van der Waals surface area (Å²) in [5.41, 5.74) is 5.13. The van der Waals surface area contributed by atoms with E-state index in [4.69, 9.17) is 20.3 Å². The van der Waals surface area contributed by atoms with Crippen molar-refractivity contribution in [2.75, 3.05) is 13.2 Å². The van der Waals surface area contributed by atoms with E-state index in [9.17, 15) is 39.0 Å². The molecule has 218 valence electrons. The molecule has 0 fully saturated rings. The summed E-state index contributed by atoms with van der Waals surface area (Å²) < 4.78 is 10.5. The lowest BCUT2D eigenvalue weighted by molar-refractivity contribution is -0.158. The monoisotopic (exact) mass is 548 g/mol. The zero-order valence-electron chi connectivity index (χ0n) is 22.0. The summed E-state index contributed by atoms with van der Waals surface area (Å²) in [7, 11) is 0. The molecule has 0 aromatic carbocycles. The standard InChI is InChI=1S/C23H40N4O11/c1-5-6-9-37-23(36)15(7-8-18(24)32)27-21(34)12(2)25-22(35)13(3)38-20(19(33)17(31)11-29)16(10-28)26-14(4)30/h10,12-13,15-17,19-20,29,31,33H,5-9,11H2,1-4H3,(H2,24,32)(H,25,35)(H,26,30)(H,27,34)/t12-,13+,15-,16-,17+,19+,20+/m0/s1. The van der Waals surface area contributed by atoms with Crippen LogP contribution in [-0.2, 0) is 38.2 Å². The topological polar surface area (TPSA) is 244 Å². The van der Waals surface area contributed by atoms with E-state index in [2.05, 4.69) is 16.0 Å². The van der Waals surface area contributed by atoms with Gasteiger partial charge in [0.2, 0.25) is 23.6 Å². The zero-order valence-corrected chi connectivity index (χ0v) is 22.0. The molecule has 0 aliphatic carbocycles. The average Bonchev–Trinajstić information content (AvgIpc) is 2.86. The van der Waals surface area contributed by atoms with E-state index in [0.717, 1.165) is 13.3 Å². The second-order valence-electron chi connectivity index (χ2n) is 8.66. The molecule has 0 aliphatic rings. The number of nitrogens with one attached hydrogen (secondary N) is 3. The van der Waals surface area contributed by atoms with Gasteiger partial charge in [0, 0.05) is 13.3 Å². The molecule has 0 saturated heterocycles. The molecule has 38 heavy (non-hydrogen) atoms. The largest absolute Gasteiger partial charge is 0.464 e. The van der Waals surface area contributed by atoms with E-state index in [1.807, 2.05) is 6.92 Å². The quantitative estimate of drug-likeness (QED) is 0.0480. The summed E-state index contributed by atoms with van der Waals surface area (Å²) in [4.78, 5) is 71.7. The van der Waals surface area contributed by atoms with E-state index >= 15 is 0 Å². The Kier molecular flexibility index (Phi) is 16.7. The molecule has 0 spiro atoms. The second kappa shape index (κ2) is 18.2. The third kappa shape index (κ3) is 12.9. The zero-order chi connectivity index (χ0) is 29.4. The maximum atomic E-state index is 12.7. The van der Waals surface area contributed by atoms with Gasteiger partial charge in [0.15, 0.2) is 0 Å². The molecule has 0 aromatic heterocycles. The Labute approximate surface area is 220 Å². The number of aldehydes is 1. The van der Waals surface area contributed by atoms with Crippen molar-refractivity contribution in [3.05, 3.63) is 0 Å². The van der Waals surface area contributed by atoms with Crippen molar-refractivity contribution < 1.29 is 53.6 Å². The van der Waals surface area contributed by atoms with Crippen molar-refractivity contribution in [2.24, 2.45) is 5.73 Å². The summed E-state index contributed by atoms with van der Waals surface area (Å²) >= 11 is 0. The van der Waals surface area contributed by atoms with Crippen LogP contribution in [0.3, 0.4) is 0 Å². The maximum absolute atomic E-state index is 12.7. The number of carbonyl (C=O) groups excluding carboxylic acids is 6. The number of aliphatic hydroxyl groups excluding tert-OH is 3. The van der Waals surface area contributed by atoms with Crippen LogP contribution in [0.15, 0.2) is 0 Å². The van der Waals surface area contributed by atoms with E-state index in [0.29, 0.717) is 6.42 Å². The minimum Gasteiger partial charge on any atom is -0.464 e. The Balaban J connectivity index is 5.37. The number of esters is 1. The van der Waals surface area contributed by atoms with Crippen LogP contribution < -0.4 is 21.7 Å². The number of carbonyl (C=O) groups is 6. The summed E-state index contributed by atoms with van der Waals surface area (Å²) in [6.07, 6.45) is -5.41. The number of nitrogens with two attached hydrogens (primary N) is 1. The number of hydrogen-bond acceptors (Lipinski definition) is 11. The number of unbranched alkanes of at least 4 members (excludes halogenated alkanes) is 1. The van der Waals surface area contributed by atoms with Gasteiger partial charge in [0.05, 0.1) is 13.2 Å². The molecule has 0 unspecified atom stereocenters. The van der Waals surface area contributed by atoms with Gasteiger partial charge < -0.3 is 51.3 Å². The van der Waals surface area contributed by atoms with Gasteiger partial charge in [-0.1, -0.05) is 13.3 Å². The molecule has 0 aromatic rings. The van der Waals surface area contributed by atoms with Crippen LogP contribution in [0.5, 0.6) is 0 Å².